The molecule has 1 N–H and O–H groups in total. The van der Waals surface area contributed by atoms with Crippen LogP contribution in [0.25, 0.3) is 0 Å². The van der Waals surface area contributed by atoms with Crippen LogP contribution in [0.5, 0.6) is 0 Å². The van der Waals surface area contributed by atoms with Gasteiger partial charge in [0.05, 0.1) is 32.0 Å². The fourth-order valence-electron chi connectivity index (χ4n) is 4.24. The minimum Gasteiger partial charge on any atom is -0.387 e. The van der Waals surface area contributed by atoms with Gasteiger partial charge >= 0.3 is 0 Å². The predicted octanol–water partition coefficient (Wildman–Crippen LogP) is 4.48. The fourth-order valence-corrected chi connectivity index (χ4v) is 4.24. The summed E-state index contributed by atoms with van der Waals surface area (Å²) >= 11 is 0. The Morgan fingerprint density at radius 2 is 1.22 bits per heavy atom. The van der Waals surface area contributed by atoms with E-state index < -0.39 is 30.0 Å². The van der Waals surface area contributed by atoms with Gasteiger partial charge in [-0.2, -0.15) is 0 Å². The first-order chi connectivity index (χ1) is 17.4. The van der Waals surface area contributed by atoms with E-state index in [1.807, 2.05) is 91.0 Å². The lowest BCUT2D eigenvalue weighted by Crippen LogP contribution is -2.63. The van der Waals surface area contributed by atoms with Gasteiger partial charge in [0, 0.05) is 0 Å². The third-order valence-corrected chi connectivity index (χ3v) is 6.11. The molecule has 36 heavy (non-hydrogen) atoms. The Morgan fingerprint density at radius 3 is 1.72 bits per heavy atom. The van der Waals surface area contributed by atoms with Crippen LogP contribution in [0.1, 0.15) is 30.5 Å². The molecule has 1 aliphatic rings. The van der Waals surface area contributed by atoms with E-state index in [1.165, 1.54) is 0 Å². The van der Waals surface area contributed by atoms with Crippen LogP contribution in [-0.2, 0) is 43.6 Å². The zero-order valence-electron chi connectivity index (χ0n) is 20.8. The number of hydrogen-bond acceptors (Lipinski definition) is 6. The Kier molecular flexibility index (Phi) is 9.02. The number of carbonyl (C=O) groups is 1. The topological polar surface area (TPSA) is 74.2 Å². The maximum absolute atomic E-state index is 13.5. The van der Waals surface area contributed by atoms with Crippen molar-refractivity contribution in [3.8, 4) is 0 Å². The van der Waals surface area contributed by atoms with Crippen molar-refractivity contribution in [2.45, 2.75) is 63.7 Å². The largest absolute Gasteiger partial charge is 0.387 e. The lowest BCUT2D eigenvalue weighted by atomic mass is 9.88. The van der Waals surface area contributed by atoms with E-state index in [0.29, 0.717) is 6.61 Å². The molecule has 0 saturated carbocycles. The third-order valence-electron chi connectivity index (χ3n) is 6.11. The van der Waals surface area contributed by atoms with E-state index in [9.17, 15) is 9.90 Å². The van der Waals surface area contributed by atoms with Gasteiger partial charge in [-0.05, 0) is 30.5 Å². The molecule has 0 unspecified atom stereocenters. The molecule has 6 nitrogen and oxygen atoms in total. The SMILES string of the molecule is CC(C)(O)[C@H]1O[C@H](COCc2ccccc2)[C@@H](OCc2ccccc2)[C@H](OCc2ccccc2)C1=O. The summed E-state index contributed by atoms with van der Waals surface area (Å²) in [5.41, 5.74) is 1.55. The molecule has 1 heterocycles. The Balaban J connectivity index is 1.55. The standard InChI is InChI=1S/C30H34O6/c1-30(2,32)29-26(31)28(35-20-24-16-10-5-11-17-24)27(34-19-23-14-8-4-9-15-23)25(36-29)21-33-18-22-12-6-3-7-13-22/h3-17,25,27-29,32H,18-21H2,1-2H3/t25-,27-,28-,29+/m1/s1. The molecule has 0 amide bonds. The fraction of sp³-hybridized carbons (Fsp3) is 0.367. The van der Waals surface area contributed by atoms with Crippen LogP contribution >= 0.6 is 0 Å². The van der Waals surface area contributed by atoms with E-state index in [1.54, 1.807) is 13.8 Å². The molecule has 3 aromatic rings. The maximum Gasteiger partial charge on any atom is 0.195 e. The first-order valence-corrected chi connectivity index (χ1v) is 12.3. The van der Waals surface area contributed by atoms with Gasteiger partial charge in [0.15, 0.2) is 5.78 Å². The van der Waals surface area contributed by atoms with Crippen LogP contribution in [0, 0.1) is 0 Å². The zero-order valence-corrected chi connectivity index (χ0v) is 20.8. The van der Waals surface area contributed by atoms with Gasteiger partial charge in [-0.25, -0.2) is 0 Å². The molecule has 1 fully saturated rings. The van der Waals surface area contributed by atoms with E-state index in [4.69, 9.17) is 18.9 Å². The first-order valence-electron chi connectivity index (χ1n) is 12.3. The van der Waals surface area contributed by atoms with Gasteiger partial charge in [-0.3, -0.25) is 4.79 Å². The van der Waals surface area contributed by atoms with Gasteiger partial charge in [0.25, 0.3) is 0 Å². The average molecular weight is 491 g/mol. The van der Waals surface area contributed by atoms with Crippen LogP contribution < -0.4 is 0 Å². The molecule has 0 spiro atoms. The summed E-state index contributed by atoms with van der Waals surface area (Å²) in [5.74, 6) is -0.337. The van der Waals surface area contributed by atoms with Crippen LogP contribution in [0.4, 0.5) is 0 Å². The van der Waals surface area contributed by atoms with Crippen molar-refractivity contribution < 1.29 is 28.8 Å². The summed E-state index contributed by atoms with van der Waals surface area (Å²) in [5, 5.41) is 10.7. The van der Waals surface area contributed by atoms with Crippen LogP contribution in [0.3, 0.4) is 0 Å². The highest BCUT2D eigenvalue weighted by molar-refractivity contribution is 5.90. The van der Waals surface area contributed by atoms with Crippen molar-refractivity contribution in [3.05, 3.63) is 108 Å². The molecule has 0 aromatic heterocycles. The highest BCUT2D eigenvalue weighted by Gasteiger charge is 2.51. The number of aliphatic hydroxyl groups is 1. The van der Waals surface area contributed by atoms with Gasteiger partial charge in [-0.15, -0.1) is 0 Å². The molecule has 190 valence electrons. The third kappa shape index (κ3) is 7.09. The highest BCUT2D eigenvalue weighted by atomic mass is 16.6. The van der Waals surface area contributed by atoms with E-state index in [-0.39, 0.29) is 25.6 Å². The van der Waals surface area contributed by atoms with Gasteiger partial charge < -0.3 is 24.1 Å². The number of ether oxygens (including phenoxy) is 4. The van der Waals surface area contributed by atoms with Crippen molar-refractivity contribution in [1.82, 2.24) is 0 Å². The minimum atomic E-state index is -1.40. The number of rotatable bonds is 11. The van der Waals surface area contributed by atoms with Gasteiger partial charge in [-0.1, -0.05) is 91.0 Å². The lowest BCUT2D eigenvalue weighted by Gasteiger charge is -2.43. The second-order valence-corrected chi connectivity index (χ2v) is 9.59. The molecule has 0 radical (unpaired) electrons. The Bertz CT molecular complexity index is 1060. The molecule has 4 atom stereocenters. The maximum atomic E-state index is 13.5. The predicted molar refractivity (Wildman–Crippen MR) is 136 cm³/mol. The number of Topliss-reactive ketones (excluding diaryl/α,β-unsaturated/α-hetero) is 1. The molecule has 0 aliphatic carbocycles. The lowest BCUT2D eigenvalue weighted by molar-refractivity contribution is -0.234. The van der Waals surface area contributed by atoms with Gasteiger partial charge in [0.1, 0.15) is 24.4 Å². The summed E-state index contributed by atoms with van der Waals surface area (Å²) in [7, 11) is 0. The molecular weight excluding hydrogens is 456 g/mol. The quantitative estimate of drug-likeness (QED) is 0.427. The first kappa shape index (κ1) is 26.2. The molecule has 4 rings (SSSR count). The smallest absolute Gasteiger partial charge is 0.195 e. The van der Waals surface area contributed by atoms with Crippen LogP contribution in [0.15, 0.2) is 91.0 Å². The van der Waals surface area contributed by atoms with Gasteiger partial charge in [0.2, 0.25) is 0 Å². The van der Waals surface area contributed by atoms with Crippen LogP contribution in [0.2, 0.25) is 0 Å². The average Bonchev–Trinajstić information content (AvgIpc) is 2.89. The van der Waals surface area contributed by atoms with Crippen LogP contribution in [-0.4, -0.2) is 47.5 Å². The number of ketones is 1. The van der Waals surface area contributed by atoms with E-state index in [2.05, 4.69) is 0 Å². The molecule has 1 saturated heterocycles. The molecule has 6 heteroatoms. The Morgan fingerprint density at radius 1 is 0.750 bits per heavy atom. The Labute approximate surface area is 212 Å². The second kappa shape index (κ2) is 12.4. The van der Waals surface area contributed by atoms with Crippen molar-refractivity contribution in [2.75, 3.05) is 6.61 Å². The van der Waals surface area contributed by atoms with Crippen molar-refractivity contribution >= 4 is 5.78 Å². The van der Waals surface area contributed by atoms with Crippen molar-refractivity contribution in [1.29, 1.82) is 0 Å². The van der Waals surface area contributed by atoms with Crippen molar-refractivity contribution in [2.24, 2.45) is 0 Å². The summed E-state index contributed by atoms with van der Waals surface area (Å²) in [6.45, 7) is 4.23. The highest BCUT2D eigenvalue weighted by Crippen LogP contribution is 2.30. The summed E-state index contributed by atoms with van der Waals surface area (Å²) in [4.78, 5) is 13.5. The molecular formula is C30H34O6. The summed E-state index contributed by atoms with van der Waals surface area (Å²) in [6.07, 6.45) is -3.33. The van der Waals surface area contributed by atoms with Crippen molar-refractivity contribution in [3.63, 3.8) is 0 Å². The molecule has 3 aromatic carbocycles. The minimum absolute atomic E-state index is 0.180. The number of hydrogen-bond donors (Lipinski definition) is 1. The molecule has 0 bridgehead atoms. The van der Waals surface area contributed by atoms with E-state index in [0.717, 1.165) is 16.7 Å². The summed E-state index contributed by atoms with van der Waals surface area (Å²) in [6, 6.07) is 29.3. The monoisotopic (exact) mass is 490 g/mol. The Hall–Kier alpha value is -2.87. The number of benzene rings is 3. The zero-order chi connectivity index (χ0) is 25.4. The number of carbonyl (C=O) groups excluding carboxylic acids is 1. The second-order valence-electron chi connectivity index (χ2n) is 9.59. The summed E-state index contributed by atoms with van der Waals surface area (Å²) < 4.78 is 24.6. The molecule has 1 aliphatic heterocycles. The normalized spacial score (nSPS) is 22.5. The van der Waals surface area contributed by atoms with E-state index >= 15 is 0 Å².